The fourth-order valence-electron chi connectivity index (χ4n) is 1.92. The van der Waals surface area contributed by atoms with Crippen LogP contribution < -0.4 is 0 Å². The highest BCUT2D eigenvalue weighted by Crippen LogP contribution is 2.15. The molecule has 80 valence electrons. The molecule has 1 fully saturated rings. The monoisotopic (exact) mass is 194 g/mol. The maximum Gasteiger partial charge on any atom is 0.0311 e. The van der Waals surface area contributed by atoms with Gasteiger partial charge in [-0.1, -0.05) is 25.8 Å². The van der Waals surface area contributed by atoms with E-state index in [4.69, 9.17) is 5.41 Å². The van der Waals surface area contributed by atoms with Gasteiger partial charge in [0.15, 0.2) is 0 Å². The molecule has 1 unspecified atom stereocenters. The molecule has 0 amide bonds. The smallest absolute Gasteiger partial charge is 0.0311 e. The van der Waals surface area contributed by atoms with Crippen LogP contribution >= 0.6 is 0 Å². The second-order valence-corrected chi connectivity index (χ2v) is 4.18. The highest BCUT2D eigenvalue weighted by Gasteiger charge is 2.15. The number of rotatable bonds is 4. The molecular formula is C12H22N2. The molecule has 2 nitrogen and oxygen atoms in total. The first-order chi connectivity index (χ1) is 6.74. The van der Waals surface area contributed by atoms with E-state index in [1.807, 2.05) is 6.08 Å². The normalized spacial score (nSPS) is 24.3. The maximum absolute atomic E-state index is 7.67. The molecule has 1 aliphatic heterocycles. The van der Waals surface area contributed by atoms with E-state index >= 15 is 0 Å². The number of likely N-dealkylation sites (tertiary alicyclic amines) is 1. The van der Waals surface area contributed by atoms with E-state index in [1.54, 1.807) is 0 Å². The zero-order valence-corrected chi connectivity index (χ0v) is 9.42. The van der Waals surface area contributed by atoms with Gasteiger partial charge in [-0.05, 0) is 38.9 Å². The number of piperidine rings is 1. The SMILES string of the molecule is CCCC(=N)C=CC1CCCCN1C. The molecule has 0 aromatic carbocycles. The van der Waals surface area contributed by atoms with E-state index in [9.17, 15) is 0 Å². The van der Waals surface area contributed by atoms with Gasteiger partial charge in [-0.15, -0.1) is 0 Å². The summed E-state index contributed by atoms with van der Waals surface area (Å²) in [6.45, 7) is 3.32. The first-order valence-electron chi connectivity index (χ1n) is 5.70. The Bertz CT molecular complexity index is 208. The average Bonchev–Trinajstić information content (AvgIpc) is 2.17. The molecule has 1 heterocycles. The Morgan fingerprint density at radius 2 is 2.29 bits per heavy atom. The van der Waals surface area contributed by atoms with E-state index in [2.05, 4.69) is 24.9 Å². The predicted molar refractivity (Wildman–Crippen MR) is 62.0 cm³/mol. The zero-order chi connectivity index (χ0) is 10.4. The summed E-state index contributed by atoms with van der Waals surface area (Å²) in [5.41, 5.74) is 0.770. The van der Waals surface area contributed by atoms with Crippen molar-refractivity contribution in [2.24, 2.45) is 0 Å². The largest absolute Gasteiger partial charge is 0.305 e. The van der Waals surface area contributed by atoms with Crippen molar-refractivity contribution in [3.8, 4) is 0 Å². The Balaban J connectivity index is 2.37. The van der Waals surface area contributed by atoms with Crippen molar-refractivity contribution in [3.63, 3.8) is 0 Å². The summed E-state index contributed by atoms with van der Waals surface area (Å²) in [4.78, 5) is 2.39. The Labute approximate surface area is 87.5 Å². The van der Waals surface area contributed by atoms with E-state index in [-0.39, 0.29) is 0 Å². The minimum Gasteiger partial charge on any atom is -0.305 e. The second kappa shape index (κ2) is 5.97. The number of hydrogen-bond donors (Lipinski definition) is 1. The molecule has 1 rings (SSSR count). The van der Waals surface area contributed by atoms with Gasteiger partial charge in [-0.3, -0.25) is 4.90 Å². The molecule has 0 aromatic rings. The number of hydrogen-bond acceptors (Lipinski definition) is 2. The van der Waals surface area contributed by atoms with Gasteiger partial charge in [0.05, 0.1) is 0 Å². The van der Waals surface area contributed by atoms with Crippen molar-refractivity contribution in [2.75, 3.05) is 13.6 Å². The summed E-state index contributed by atoms with van der Waals surface area (Å²) in [5.74, 6) is 0. The standard InChI is InChI=1S/C12H22N2/c1-3-6-11(13)8-9-12-7-4-5-10-14(12)2/h8-9,12-13H,3-7,10H2,1-2H3. The lowest BCUT2D eigenvalue weighted by Crippen LogP contribution is -2.34. The highest BCUT2D eigenvalue weighted by molar-refractivity contribution is 5.92. The summed E-state index contributed by atoms with van der Waals surface area (Å²) in [6, 6.07) is 0.570. The third kappa shape index (κ3) is 3.62. The average molecular weight is 194 g/mol. The number of nitrogens with one attached hydrogen (secondary N) is 1. The lowest BCUT2D eigenvalue weighted by atomic mass is 10.0. The molecule has 1 saturated heterocycles. The lowest BCUT2D eigenvalue weighted by molar-refractivity contribution is 0.222. The third-order valence-corrected chi connectivity index (χ3v) is 2.87. The quantitative estimate of drug-likeness (QED) is 0.684. The predicted octanol–water partition coefficient (Wildman–Crippen LogP) is 2.85. The molecule has 0 spiro atoms. The van der Waals surface area contributed by atoms with Crippen molar-refractivity contribution in [3.05, 3.63) is 12.2 Å². The van der Waals surface area contributed by atoms with Gasteiger partial charge in [-0.25, -0.2) is 0 Å². The number of allylic oxidation sites excluding steroid dienone is 1. The first-order valence-corrected chi connectivity index (χ1v) is 5.70. The van der Waals surface area contributed by atoms with Gasteiger partial charge in [0.25, 0.3) is 0 Å². The van der Waals surface area contributed by atoms with Gasteiger partial charge in [0, 0.05) is 11.8 Å². The number of likely N-dealkylation sites (N-methyl/N-ethyl adjacent to an activating group) is 1. The summed E-state index contributed by atoms with van der Waals surface area (Å²) >= 11 is 0. The molecule has 0 bridgehead atoms. The van der Waals surface area contributed by atoms with Crippen LogP contribution in [0.4, 0.5) is 0 Å². The van der Waals surface area contributed by atoms with E-state index in [0.717, 1.165) is 18.6 Å². The summed E-state index contributed by atoms with van der Waals surface area (Å²) in [6.07, 6.45) is 10.1. The molecular weight excluding hydrogens is 172 g/mol. The van der Waals surface area contributed by atoms with Crippen LogP contribution in [0.5, 0.6) is 0 Å². The number of nitrogens with zero attached hydrogens (tertiary/aromatic N) is 1. The van der Waals surface area contributed by atoms with Crippen molar-refractivity contribution in [2.45, 2.75) is 45.1 Å². The summed E-state index contributed by atoms with van der Waals surface area (Å²) in [5, 5.41) is 7.67. The van der Waals surface area contributed by atoms with Crippen molar-refractivity contribution < 1.29 is 0 Å². The maximum atomic E-state index is 7.67. The van der Waals surface area contributed by atoms with E-state index in [0.29, 0.717) is 6.04 Å². The van der Waals surface area contributed by atoms with Crippen molar-refractivity contribution in [1.82, 2.24) is 4.90 Å². The lowest BCUT2D eigenvalue weighted by Gasteiger charge is -2.30. The van der Waals surface area contributed by atoms with Gasteiger partial charge in [0.1, 0.15) is 0 Å². The second-order valence-electron chi connectivity index (χ2n) is 4.18. The topological polar surface area (TPSA) is 27.1 Å². The Morgan fingerprint density at radius 3 is 2.93 bits per heavy atom. The molecule has 1 aliphatic rings. The molecule has 0 saturated carbocycles. The van der Waals surface area contributed by atoms with Crippen LogP contribution in [0, 0.1) is 5.41 Å². The first kappa shape index (κ1) is 11.4. The summed E-state index contributed by atoms with van der Waals surface area (Å²) in [7, 11) is 2.18. The Hall–Kier alpha value is -0.630. The molecule has 0 radical (unpaired) electrons. The highest BCUT2D eigenvalue weighted by atomic mass is 15.1. The minimum atomic E-state index is 0.570. The molecule has 1 atom stereocenters. The van der Waals surface area contributed by atoms with Crippen molar-refractivity contribution in [1.29, 1.82) is 5.41 Å². The van der Waals surface area contributed by atoms with Crippen molar-refractivity contribution >= 4 is 5.71 Å². The van der Waals surface area contributed by atoms with Crippen LogP contribution in [0.3, 0.4) is 0 Å². The van der Waals surface area contributed by atoms with E-state index in [1.165, 1.54) is 25.8 Å². The van der Waals surface area contributed by atoms with Crippen LogP contribution in [-0.4, -0.2) is 30.2 Å². The van der Waals surface area contributed by atoms with Crippen LogP contribution in [0.15, 0.2) is 12.2 Å². The fourth-order valence-corrected chi connectivity index (χ4v) is 1.92. The minimum absolute atomic E-state index is 0.570. The van der Waals surface area contributed by atoms with Crippen LogP contribution in [-0.2, 0) is 0 Å². The fraction of sp³-hybridized carbons (Fsp3) is 0.750. The van der Waals surface area contributed by atoms with E-state index < -0.39 is 0 Å². The Morgan fingerprint density at radius 1 is 1.50 bits per heavy atom. The molecule has 14 heavy (non-hydrogen) atoms. The van der Waals surface area contributed by atoms with Gasteiger partial charge < -0.3 is 5.41 Å². The molecule has 0 aliphatic carbocycles. The Kier molecular flexibility index (Phi) is 4.88. The van der Waals surface area contributed by atoms with Crippen LogP contribution in [0.1, 0.15) is 39.0 Å². The molecule has 0 aromatic heterocycles. The zero-order valence-electron chi connectivity index (χ0n) is 9.42. The molecule has 2 heteroatoms. The van der Waals surface area contributed by atoms with Gasteiger partial charge >= 0.3 is 0 Å². The van der Waals surface area contributed by atoms with Gasteiger partial charge in [-0.2, -0.15) is 0 Å². The summed E-state index contributed by atoms with van der Waals surface area (Å²) < 4.78 is 0. The van der Waals surface area contributed by atoms with Gasteiger partial charge in [0.2, 0.25) is 0 Å². The van der Waals surface area contributed by atoms with Crippen LogP contribution in [0.25, 0.3) is 0 Å². The van der Waals surface area contributed by atoms with Crippen LogP contribution in [0.2, 0.25) is 0 Å². The molecule has 1 N–H and O–H groups in total. The third-order valence-electron chi connectivity index (χ3n) is 2.87.